The molecule has 5 rings (SSSR count). The SMILES string of the molecule is CCN(C(=O)Oc1ccc(F)cc1)[C@H]1C(C(=O)C2CCNC(c3ccccn3)C2)NC(C(C)=O)[C@@H]1c1ccc(Cl)cc1. The number of hydrogen-bond acceptors (Lipinski definition) is 7. The highest BCUT2D eigenvalue weighted by Gasteiger charge is 2.53. The molecule has 10 heteroatoms. The number of likely N-dealkylation sites (N-methyl/N-ethyl adjacent to an activating group) is 1. The number of amides is 1. The van der Waals surface area contributed by atoms with Gasteiger partial charge in [0, 0.05) is 29.6 Å². The summed E-state index contributed by atoms with van der Waals surface area (Å²) in [6, 6.07) is 15.6. The van der Waals surface area contributed by atoms with E-state index >= 15 is 0 Å². The summed E-state index contributed by atoms with van der Waals surface area (Å²) in [4.78, 5) is 47.0. The van der Waals surface area contributed by atoms with Crippen LogP contribution < -0.4 is 15.4 Å². The zero-order valence-corrected chi connectivity index (χ0v) is 24.3. The molecule has 0 saturated carbocycles. The summed E-state index contributed by atoms with van der Waals surface area (Å²) in [5.41, 5.74) is 1.64. The predicted octanol–water partition coefficient (Wildman–Crippen LogP) is 5.09. The van der Waals surface area contributed by atoms with Crippen LogP contribution in [0.1, 0.15) is 49.9 Å². The van der Waals surface area contributed by atoms with E-state index in [4.69, 9.17) is 16.3 Å². The van der Waals surface area contributed by atoms with E-state index in [1.165, 1.54) is 36.1 Å². The van der Waals surface area contributed by atoms with E-state index in [-0.39, 0.29) is 35.8 Å². The van der Waals surface area contributed by atoms with E-state index < -0.39 is 36.0 Å². The summed E-state index contributed by atoms with van der Waals surface area (Å²) in [7, 11) is 0. The highest BCUT2D eigenvalue weighted by molar-refractivity contribution is 6.30. The molecule has 3 heterocycles. The molecule has 2 aliphatic rings. The minimum Gasteiger partial charge on any atom is -0.410 e. The number of Topliss-reactive ketones (excluding diaryl/α,β-unsaturated/α-hetero) is 2. The molecular formula is C32H34ClFN4O4. The third-order valence-electron chi connectivity index (χ3n) is 8.23. The Morgan fingerprint density at radius 1 is 1.05 bits per heavy atom. The molecule has 0 spiro atoms. The molecule has 2 fully saturated rings. The molecule has 0 bridgehead atoms. The third-order valence-corrected chi connectivity index (χ3v) is 8.48. The smallest absolute Gasteiger partial charge is 0.410 e. The predicted molar refractivity (Wildman–Crippen MR) is 157 cm³/mol. The summed E-state index contributed by atoms with van der Waals surface area (Å²) in [6.07, 6.45) is 2.21. The van der Waals surface area contributed by atoms with Gasteiger partial charge in [0.05, 0.1) is 29.9 Å². The van der Waals surface area contributed by atoms with Gasteiger partial charge < -0.3 is 15.0 Å². The zero-order valence-electron chi connectivity index (χ0n) is 23.5. The molecule has 2 aromatic carbocycles. The number of ether oxygens (including phenoxy) is 1. The molecule has 2 N–H and O–H groups in total. The Bertz CT molecular complexity index is 1410. The van der Waals surface area contributed by atoms with Crippen molar-refractivity contribution in [3.8, 4) is 5.75 Å². The largest absolute Gasteiger partial charge is 0.415 e. The van der Waals surface area contributed by atoms with Crippen molar-refractivity contribution >= 4 is 29.3 Å². The Labute approximate surface area is 249 Å². The molecule has 0 aliphatic carbocycles. The molecule has 2 saturated heterocycles. The van der Waals surface area contributed by atoms with Crippen molar-refractivity contribution in [3.05, 3.63) is 95.0 Å². The van der Waals surface area contributed by atoms with Crippen molar-refractivity contribution in [2.75, 3.05) is 13.1 Å². The molecule has 42 heavy (non-hydrogen) atoms. The van der Waals surface area contributed by atoms with Gasteiger partial charge in [-0.3, -0.25) is 19.9 Å². The van der Waals surface area contributed by atoms with Gasteiger partial charge in [0.2, 0.25) is 0 Å². The molecule has 8 nitrogen and oxygen atoms in total. The molecule has 4 unspecified atom stereocenters. The Morgan fingerprint density at radius 3 is 2.43 bits per heavy atom. The summed E-state index contributed by atoms with van der Waals surface area (Å²) < 4.78 is 19.1. The zero-order chi connectivity index (χ0) is 29.8. The van der Waals surface area contributed by atoms with Gasteiger partial charge >= 0.3 is 6.09 Å². The molecule has 1 amide bonds. The van der Waals surface area contributed by atoms with Crippen molar-refractivity contribution in [2.45, 2.75) is 56.8 Å². The van der Waals surface area contributed by atoms with Crippen molar-refractivity contribution < 1.29 is 23.5 Å². The van der Waals surface area contributed by atoms with Crippen LogP contribution in [0.3, 0.4) is 0 Å². The van der Waals surface area contributed by atoms with Gasteiger partial charge in [-0.1, -0.05) is 29.8 Å². The fraction of sp³-hybridized carbons (Fsp3) is 0.375. The number of benzene rings is 2. The lowest BCUT2D eigenvalue weighted by Gasteiger charge is -2.37. The minimum atomic E-state index is -0.826. The highest BCUT2D eigenvalue weighted by Crippen LogP contribution is 2.39. The molecule has 3 aromatic rings. The van der Waals surface area contributed by atoms with Crippen LogP contribution in [0.25, 0.3) is 0 Å². The van der Waals surface area contributed by atoms with E-state index in [1.54, 1.807) is 25.3 Å². The standard InChI is InChI=1S/C32H34ClFN4O4/c1-3-38(32(41)42-24-13-11-23(34)12-14-24)30-27(20-7-9-22(33)10-8-20)28(19(2)39)37-29(30)31(40)21-15-17-36-26(18-21)25-6-4-5-16-35-25/h4-14,16,21,26-30,36-37H,3,15,17-18H2,1-2H3/t21?,26?,27-,28?,29?,30+/m0/s1. The summed E-state index contributed by atoms with van der Waals surface area (Å²) >= 11 is 6.18. The number of aromatic nitrogens is 1. The number of piperidine rings is 1. The highest BCUT2D eigenvalue weighted by atomic mass is 35.5. The van der Waals surface area contributed by atoms with Crippen LogP contribution in [0.15, 0.2) is 72.9 Å². The first-order valence-electron chi connectivity index (χ1n) is 14.2. The number of pyridine rings is 1. The monoisotopic (exact) mass is 592 g/mol. The van der Waals surface area contributed by atoms with Crippen LogP contribution in [0.4, 0.5) is 9.18 Å². The number of nitrogens with one attached hydrogen (secondary N) is 2. The van der Waals surface area contributed by atoms with Crippen LogP contribution in [0.5, 0.6) is 5.75 Å². The first-order valence-corrected chi connectivity index (χ1v) is 14.6. The van der Waals surface area contributed by atoms with Crippen LogP contribution in [-0.4, -0.2) is 58.8 Å². The molecular weight excluding hydrogens is 559 g/mol. The fourth-order valence-corrected chi connectivity index (χ4v) is 6.36. The number of carbonyl (C=O) groups is 3. The Hall–Kier alpha value is -3.66. The molecule has 1 aromatic heterocycles. The second-order valence-electron chi connectivity index (χ2n) is 10.8. The Kier molecular flexibility index (Phi) is 9.30. The summed E-state index contributed by atoms with van der Waals surface area (Å²) in [5, 5.41) is 7.32. The number of carbonyl (C=O) groups excluding carboxylic acids is 3. The minimum absolute atomic E-state index is 0.0572. The van der Waals surface area contributed by atoms with Crippen molar-refractivity contribution in [3.63, 3.8) is 0 Å². The first-order chi connectivity index (χ1) is 20.3. The Morgan fingerprint density at radius 2 is 1.79 bits per heavy atom. The normalized spacial score (nSPS) is 25.5. The number of ketones is 2. The average molecular weight is 593 g/mol. The number of nitrogens with zero attached hydrogens (tertiary/aromatic N) is 2. The molecule has 2 aliphatic heterocycles. The summed E-state index contributed by atoms with van der Waals surface area (Å²) in [6.45, 7) is 4.14. The topological polar surface area (TPSA) is 101 Å². The number of rotatable bonds is 8. The third kappa shape index (κ3) is 6.38. The lowest BCUT2D eigenvalue weighted by molar-refractivity contribution is -0.127. The van der Waals surface area contributed by atoms with Crippen molar-refractivity contribution in [2.24, 2.45) is 5.92 Å². The Balaban J connectivity index is 1.50. The summed E-state index contributed by atoms with van der Waals surface area (Å²) in [5.74, 6) is -1.33. The van der Waals surface area contributed by atoms with E-state index in [2.05, 4.69) is 15.6 Å². The molecule has 6 atom stereocenters. The maximum Gasteiger partial charge on any atom is 0.415 e. The van der Waals surface area contributed by atoms with Crippen LogP contribution in [-0.2, 0) is 9.59 Å². The van der Waals surface area contributed by atoms with Gasteiger partial charge in [0.25, 0.3) is 0 Å². The van der Waals surface area contributed by atoms with E-state index in [0.29, 0.717) is 24.4 Å². The lowest BCUT2D eigenvalue weighted by atomic mass is 9.79. The van der Waals surface area contributed by atoms with Crippen LogP contribution in [0.2, 0.25) is 5.02 Å². The van der Waals surface area contributed by atoms with E-state index in [9.17, 15) is 18.8 Å². The average Bonchev–Trinajstić information content (AvgIpc) is 3.40. The number of hydrogen-bond donors (Lipinski definition) is 2. The maximum absolute atomic E-state index is 14.4. The molecule has 0 radical (unpaired) electrons. The maximum atomic E-state index is 14.4. The van der Waals surface area contributed by atoms with Gasteiger partial charge in [-0.15, -0.1) is 0 Å². The first kappa shape index (κ1) is 29.8. The van der Waals surface area contributed by atoms with Gasteiger partial charge in [0.15, 0.2) is 5.78 Å². The van der Waals surface area contributed by atoms with Gasteiger partial charge in [-0.05, 0) is 87.3 Å². The van der Waals surface area contributed by atoms with E-state index in [0.717, 1.165) is 11.3 Å². The van der Waals surface area contributed by atoms with Crippen LogP contribution >= 0.6 is 11.6 Å². The van der Waals surface area contributed by atoms with Crippen molar-refractivity contribution in [1.29, 1.82) is 0 Å². The van der Waals surface area contributed by atoms with E-state index in [1.807, 2.05) is 30.3 Å². The van der Waals surface area contributed by atoms with Crippen molar-refractivity contribution in [1.82, 2.24) is 20.5 Å². The molecule has 220 valence electrons. The lowest BCUT2D eigenvalue weighted by Crippen LogP contribution is -2.54. The van der Waals surface area contributed by atoms with Gasteiger partial charge in [-0.2, -0.15) is 0 Å². The number of halogens is 2. The van der Waals surface area contributed by atoms with Gasteiger partial charge in [0.1, 0.15) is 17.3 Å². The van der Waals surface area contributed by atoms with Gasteiger partial charge in [-0.25, -0.2) is 9.18 Å². The van der Waals surface area contributed by atoms with Crippen LogP contribution in [0, 0.1) is 11.7 Å². The quantitative estimate of drug-likeness (QED) is 0.376. The second-order valence-corrected chi connectivity index (χ2v) is 11.2. The fourth-order valence-electron chi connectivity index (χ4n) is 6.23. The second kappa shape index (κ2) is 13.1.